The summed E-state index contributed by atoms with van der Waals surface area (Å²) in [4.78, 5) is 0. The van der Waals surface area contributed by atoms with Gasteiger partial charge in [-0.3, -0.25) is 0 Å². The van der Waals surface area contributed by atoms with Crippen LogP contribution >= 0.6 is 25.8 Å². The maximum Gasteiger partial charge on any atom is 1.00 e. The molecule has 1 atom stereocenters. The third-order valence-corrected chi connectivity index (χ3v) is 0. The molecule has 0 nitrogen and oxygen atoms in total. The fourth-order valence-electron chi connectivity index (χ4n) is 0. The van der Waals surface area contributed by atoms with E-state index in [0.717, 1.165) is 7.96 Å². The van der Waals surface area contributed by atoms with E-state index in [4.69, 9.17) is 0 Å². The number of hydrogen-bond acceptors (Lipinski definition) is 0. The van der Waals surface area contributed by atoms with Crippen LogP contribution in [0.3, 0.4) is 0 Å². The molecule has 0 saturated heterocycles. The second-order valence-corrected chi connectivity index (χ2v) is 3.49. The molecule has 0 aliphatic rings. The summed E-state index contributed by atoms with van der Waals surface area (Å²) in [5, 5.41) is 0. The molecule has 0 aliphatic carbocycles. The monoisotopic (exact) mass is 142 g/mol. The third kappa shape index (κ3) is 18.8. The molecule has 0 bridgehead atoms. The van der Waals surface area contributed by atoms with Crippen LogP contribution in [0.4, 0.5) is 0 Å². The van der Waals surface area contributed by atoms with Crippen LogP contribution < -0.4 is 59.1 Å². The van der Waals surface area contributed by atoms with Gasteiger partial charge in [0, 0.05) is 0 Å². The minimum atomic E-state index is 0. The van der Waals surface area contributed by atoms with Crippen molar-refractivity contribution >= 4 is 25.8 Å². The van der Waals surface area contributed by atoms with Crippen molar-refractivity contribution in [2.45, 2.75) is 0 Å². The molecular formula is H3Na2P3. The van der Waals surface area contributed by atoms with Gasteiger partial charge in [0.05, 0.1) is 0 Å². The van der Waals surface area contributed by atoms with E-state index in [9.17, 15) is 0 Å². The van der Waals surface area contributed by atoms with Gasteiger partial charge in [0.2, 0.25) is 0 Å². The Kier molecular flexibility index (Phi) is 49.3. The van der Waals surface area contributed by atoms with Gasteiger partial charge in [-0.2, -0.15) is 0 Å². The zero-order chi connectivity index (χ0) is 2.71. The van der Waals surface area contributed by atoms with E-state index < -0.39 is 0 Å². The first-order chi connectivity index (χ1) is 1.41. The van der Waals surface area contributed by atoms with Crippen LogP contribution in [0, 0.1) is 0 Å². The molecule has 0 aromatic carbocycles. The summed E-state index contributed by atoms with van der Waals surface area (Å²) >= 11 is 0. The Bertz CT molecular complexity index is 4.85. The van der Waals surface area contributed by atoms with Crippen LogP contribution in [-0.4, -0.2) is 0 Å². The van der Waals surface area contributed by atoms with Gasteiger partial charge >= 0.3 is 59.1 Å². The topological polar surface area (TPSA) is 0 Å². The van der Waals surface area contributed by atoms with Gasteiger partial charge in [-0.1, -0.05) is 0 Å². The largest absolute Gasteiger partial charge is 1.00 e. The zero-order valence-corrected chi connectivity index (χ0v) is 10.6. The number of rotatable bonds is 0. The summed E-state index contributed by atoms with van der Waals surface area (Å²) in [6.07, 6.45) is 0. The van der Waals surface area contributed by atoms with Gasteiger partial charge in [0.15, 0.2) is 0 Å². The first-order valence-corrected chi connectivity index (χ1v) is 4.34. The molecule has 0 saturated carbocycles. The molecule has 20 valence electrons. The van der Waals surface area contributed by atoms with Gasteiger partial charge in [0.25, 0.3) is 0 Å². The van der Waals surface area contributed by atoms with E-state index in [2.05, 4.69) is 17.9 Å². The van der Waals surface area contributed by atoms with Crippen molar-refractivity contribution in [3.8, 4) is 0 Å². The molecule has 0 heterocycles. The van der Waals surface area contributed by atoms with Crippen molar-refractivity contribution in [2.24, 2.45) is 0 Å². The molecule has 5 heteroatoms. The summed E-state index contributed by atoms with van der Waals surface area (Å²) in [7, 11) is 6.72. The van der Waals surface area contributed by atoms with Crippen molar-refractivity contribution in [3.63, 3.8) is 0 Å². The molecular weight excluding hydrogens is 139 g/mol. The zero-order valence-electron chi connectivity index (χ0n) is 3.52. The Morgan fingerprint density at radius 3 is 1.40 bits per heavy atom. The van der Waals surface area contributed by atoms with E-state index in [-0.39, 0.29) is 59.1 Å². The molecule has 0 fully saturated rings. The van der Waals surface area contributed by atoms with Crippen molar-refractivity contribution in [3.05, 3.63) is 0 Å². The second kappa shape index (κ2) is 15.7. The van der Waals surface area contributed by atoms with Crippen molar-refractivity contribution < 1.29 is 59.1 Å². The molecule has 1 unspecified atom stereocenters. The van der Waals surface area contributed by atoms with E-state index in [1.54, 1.807) is 0 Å². The van der Waals surface area contributed by atoms with Crippen LogP contribution in [0.25, 0.3) is 0 Å². The van der Waals surface area contributed by atoms with Gasteiger partial charge in [0.1, 0.15) is 0 Å². The second-order valence-electron chi connectivity index (χ2n) is 0.129. The Morgan fingerprint density at radius 1 is 1.40 bits per heavy atom. The van der Waals surface area contributed by atoms with E-state index in [1.807, 2.05) is 0 Å². The SMILES string of the molecule is [Na+].[Na+].[PH-][P-]P. The standard InChI is InChI=1S/2Na.H3P3/c;;1-3-2/h;;1H,2H2/q2*+1;-2. The molecule has 0 aromatic rings. The molecule has 0 spiro atoms. The van der Waals surface area contributed by atoms with E-state index in [0.29, 0.717) is 0 Å². The summed E-state index contributed by atoms with van der Waals surface area (Å²) in [6.45, 7) is 0. The summed E-state index contributed by atoms with van der Waals surface area (Å²) in [5.41, 5.74) is 0. The Morgan fingerprint density at radius 2 is 1.40 bits per heavy atom. The Hall–Kier alpha value is 3.29. The van der Waals surface area contributed by atoms with Crippen molar-refractivity contribution in [2.75, 3.05) is 0 Å². The van der Waals surface area contributed by atoms with Crippen LogP contribution in [0.1, 0.15) is 0 Å². The van der Waals surface area contributed by atoms with Crippen LogP contribution in [-0.2, 0) is 0 Å². The fourth-order valence-corrected chi connectivity index (χ4v) is 0. The van der Waals surface area contributed by atoms with Crippen molar-refractivity contribution in [1.29, 1.82) is 0 Å². The molecule has 0 aromatic heterocycles. The quantitative estimate of drug-likeness (QED) is 0.237. The fraction of sp³-hybridized carbons (Fsp3) is 0. The van der Waals surface area contributed by atoms with Crippen LogP contribution in [0.5, 0.6) is 0 Å². The first-order valence-electron chi connectivity index (χ1n) is 0.482. The van der Waals surface area contributed by atoms with Gasteiger partial charge in [-0.25, -0.2) is 0 Å². The molecule has 0 N–H and O–H groups in total. The minimum absolute atomic E-state index is 0. The summed E-state index contributed by atoms with van der Waals surface area (Å²) in [6, 6.07) is 0. The average Bonchev–Trinajstić information content (AvgIpc) is 0.918. The third-order valence-electron chi connectivity index (χ3n) is 0. The smallest absolute Gasteiger partial charge is 0.751 e. The Balaban J connectivity index is -0.0000000200. The summed E-state index contributed by atoms with van der Waals surface area (Å²) in [5.74, 6) is 0. The van der Waals surface area contributed by atoms with Crippen LogP contribution in [0.15, 0.2) is 0 Å². The molecule has 5 heavy (non-hydrogen) atoms. The van der Waals surface area contributed by atoms with E-state index >= 15 is 0 Å². The van der Waals surface area contributed by atoms with Gasteiger partial charge < -0.3 is 25.8 Å². The maximum atomic E-state index is 3.12. The van der Waals surface area contributed by atoms with Crippen LogP contribution in [0.2, 0.25) is 0 Å². The molecule has 0 rings (SSSR count). The maximum absolute atomic E-state index is 3.12. The normalized spacial score (nSPS) is 6.00. The van der Waals surface area contributed by atoms with Gasteiger partial charge in [-0.15, -0.1) is 0 Å². The number of hydrogen-bond donors (Lipinski definition) is 0. The first kappa shape index (κ1) is 15.7. The molecule has 0 amide bonds. The van der Waals surface area contributed by atoms with Gasteiger partial charge in [-0.05, 0) is 0 Å². The van der Waals surface area contributed by atoms with E-state index in [1.165, 1.54) is 0 Å². The molecule has 0 aliphatic heterocycles. The predicted molar refractivity (Wildman–Crippen MR) is 24.9 cm³/mol. The summed E-state index contributed by atoms with van der Waals surface area (Å²) < 4.78 is 0. The minimum Gasteiger partial charge on any atom is -0.751 e. The Labute approximate surface area is 83.6 Å². The molecule has 0 radical (unpaired) electrons. The van der Waals surface area contributed by atoms with Crippen molar-refractivity contribution in [1.82, 2.24) is 0 Å². The average molecular weight is 142 g/mol. The predicted octanol–water partition coefficient (Wildman–Crippen LogP) is -4.21.